The first kappa shape index (κ1) is 16.2. The molecule has 0 saturated heterocycles. The molecule has 5 heteroatoms. The van der Waals surface area contributed by atoms with Gasteiger partial charge in [0.15, 0.2) is 11.5 Å². The van der Waals surface area contributed by atoms with Gasteiger partial charge in [-0.15, -0.1) is 0 Å². The number of hydrogen-bond acceptors (Lipinski definition) is 3. The van der Waals surface area contributed by atoms with Gasteiger partial charge in [0.2, 0.25) is 0 Å². The van der Waals surface area contributed by atoms with Gasteiger partial charge < -0.3 is 14.4 Å². The first-order valence-corrected chi connectivity index (χ1v) is 7.16. The third-order valence-corrected chi connectivity index (χ3v) is 3.67. The Balaban J connectivity index is 2.24. The summed E-state index contributed by atoms with van der Waals surface area (Å²) < 4.78 is 10.7. The fourth-order valence-corrected chi connectivity index (χ4v) is 2.46. The zero-order valence-corrected chi connectivity index (χ0v) is 13.6. The number of rotatable bonds is 5. The van der Waals surface area contributed by atoms with E-state index in [0.717, 1.165) is 5.56 Å². The Morgan fingerprint density at radius 2 is 1.82 bits per heavy atom. The first-order valence-electron chi connectivity index (χ1n) is 6.78. The van der Waals surface area contributed by atoms with Crippen LogP contribution in [0.5, 0.6) is 11.5 Å². The number of halogens is 1. The van der Waals surface area contributed by atoms with Gasteiger partial charge in [-0.05, 0) is 18.2 Å². The Labute approximate surface area is 135 Å². The Morgan fingerprint density at radius 1 is 1.09 bits per heavy atom. The van der Waals surface area contributed by atoms with E-state index in [1.165, 1.54) is 0 Å². The van der Waals surface area contributed by atoms with Gasteiger partial charge in [-0.3, -0.25) is 4.79 Å². The number of carbonyl (C=O) groups is 1. The lowest BCUT2D eigenvalue weighted by Crippen LogP contribution is -2.26. The number of hydrogen-bond donors (Lipinski definition) is 0. The molecule has 116 valence electrons. The molecule has 0 spiro atoms. The number of nitrogens with zero attached hydrogens (tertiary/aromatic N) is 1. The zero-order chi connectivity index (χ0) is 16.1. The summed E-state index contributed by atoms with van der Waals surface area (Å²) in [6, 6.07) is 12.6. The van der Waals surface area contributed by atoms with Gasteiger partial charge >= 0.3 is 0 Å². The SMILES string of the molecule is COc1cccc(CN(C)C(=O)c2ccccc2Cl)c1OC. The summed E-state index contributed by atoms with van der Waals surface area (Å²) >= 11 is 6.08. The molecule has 0 aromatic heterocycles. The monoisotopic (exact) mass is 319 g/mol. The summed E-state index contributed by atoms with van der Waals surface area (Å²) in [5, 5.41) is 0.442. The lowest BCUT2D eigenvalue weighted by molar-refractivity contribution is 0.0784. The van der Waals surface area contributed by atoms with Crippen molar-refractivity contribution in [2.75, 3.05) is 21.3 Å². The van der Waals surface area contributed by atoms with Crippen molar-refractivity contribution in [3.05, 3.63) is 58.6 Å². The third kappa shape index (κ3) is 3.34. The van der Waals surface area contributed by atoms with Crippen molar-refractivity contribution in [3.63, 3.8) is 0 Å². The highest BCUT2D eigenvalue weighted by molar-refractivity contribution is 6.33. The van der Waals surface area contributed by atoms with Crippen LogP contribution in [0.1, 0.15) is 15.9 Å². The van der Waals surface area contributed by atoms with Crippen LogP contribution in [0.4, 0.5) is 0 Å². The van der Waals surface area contributed by atoms with Crippen molar-refractivity contribution in [1.82, 2.24) is 4.90 Å². The normalized spacial score (nSPS) is 10.2. The molecule has 4 nitrogen and oxygen atoms in total. The number of para-hydroxylation sites is 1. The largest absolute Gasteiger partial charge is 0.493 e. The number of ether oxygens (including phenoxy) is 2. The molecule has 22 heavy (non-hydrogen) atoms. The molecular formula is C17H18ClNO3. The second-order valence-electron chi connectivity index (χ2n) is 4.79. The van der Waals surface area contributed by atoms with E-state index in [1.54, 1.807) is 50.4 Å². The van der Waals surface area contributed by atoms with Crippen LogP contribution in [0.15, 0.2) is 42.5 Å². The highest BCUT2D eigenvalue weighted by atomic mass is 35.5. The van der Waals surface area contributed by atoms with Crippen molar-refractivity contribution in [3.8, 4) is 11.5 Å². The molecule has 0 aliphatic rings. The van der Waals surface area contributed by atoms with Crippen molar-refractivity contribution >= 4 is 17.5 Å². The maximum Gasteiger partial charge on any atom is 0.255 e. The Bertz CT molecular complexity index is 673. The minimum absolute atomic E-state index is 0.143. The molecule has 2 aromatic rings. The molecule has 0 heterocycles. The average Bonchev–Trinajstić information content (AvgIpc) is 2.54. The van der Waals surface area contributed by atoms with Crippen molar-refractivity contribution in [1.29, 1.82) is 0 Å². The molecule has 1 amide bonds. The third-order valence-electron chi connectivity index (χ3n) is 3.34. The summed E-state index contributed by atoms with van der Waals surface area (Å²) in [5.74, 6) is 1.12. The Hall–Kier alpha value is -2.20. The van der Waals surface area contributed by atoms with E-state index in [-0.39, 0.29) is 5.91 Å². The number of benzene rings is 2. The minimum Gasteiger partial charge on any atom is -0.493 e. The molecule has 0 bridgehead atoms. The molecule has 0 aliphatic heterocycles. The summed E-state index contributed by atoms with van der Waals surface area (Å²) in [5.41, 5.74) is 1.35. The average molecular weight is 320 g/mol. The van der Waals surface area contributed by atoms with E-state index in [9.17, 15) is 4.79 Å². The van der Waals surface area contributed by atoms with Gasteiger partial charge in [0.25, 0.3) is 5.91 Å². The molecule has 2 rings (SSSR count). The Kier molecular flexibility index (Phi) is 5.28. The molecule has 0 atom stereocenters. The first-order chi connectivity index (χ1) is 10.6. The number of carbonyl (C=O) groups excluding carboxylic acids is 1. The van der Waals surface area contributed by atoms with Crippen LogP contribution in [-0.4, -0.2) is 32.1 Å². The van der Waals surface area contributed by atoms with E-state index < -0.39 is 0 Å². The second kappa shape index (κ2) is 7.18. The van der Waals surface area contributed by atoms with Crippen molar-refractivity contribution < 1.29 is 14.3 Å². The standard InChI is InChI=1S/C17H18ClNO3/c1-19(17(20)13-8-4-5-9-14(13)18)11-12-7-6-10-15(21-2)16(12)22-3/h4-10H,11H2,1-3H3. The second-order valence-corrected chi connectivity index (χ2v) is 5.20. The summed E-state index contributed by atoms with van der Waals surface area (Å²) in [7, 11) is 4.89. The summed E-state index contributed by atoms with van der Waals surface area (Å²) in [6.45, 7) is 0.393. The van der Waals surface area contributed by atoms with Crippen LogP contribution in [-0.2, 0) is 6.54 Å². The van der Waals surface area contributed by atoms with E-state index >= 15 is 0 Å². The molecular weight excluding hydrogens is 302 g/mol. The molecule has 0 N–H and O–H groups in total. The molecule has 2 aromatic carbocycles. The molecule has 0 radical (unpaired) electrons. The lowest BCUT2D eigenvalue weighted by Gasteiger charge is -2.20. The maximum absolute atomic E-state index is 12.5. The molecule has 0 fully saturated rings. The van der Waals surface area contributed by atoms with E-state index in [0.29, 0.717) is 28.6 Å². The van der Waals surface area contributed by atoms with Crippen LogP contribution in [0.3, 0.4) is 0 Å². The van der Waals surface area contributed by atoms with E-state index in [2.05, 4.69) is 0 Å². The Morgan fingerprint density at radius 3 is 2.45 bits per heavy atom. The minimum atomic E-state index is -0.143. The van der Waals surface area contributed by atoms with E-state index in [4.69, 9.17) is 21.1 Å². The van der Waals surface area contributed by atoms with Crippen LogP contribution >= 0.6 is 11.6 Å². The van der Waals surface area contributed by atoms with Gasteiger partial charge in [-0.2, -0.15) is 0 Å². The molecule has 0 saturated carbocycles. The highest BCUT2D eigenvalue weighted by Crippen LogP contribution is 2.31. The predicted molar refractivity (Wildman–Crippen MR) is 86.8 cm³/mol. The molecule has 0 aliphatic carbocycles. The fourth-order valence-electron chi connectivity index (χ4n) is 2.25. The zero-order valence-electron chi connectivity index (χ0n) is 12.8. The van der Waals surface area contributed by atoms with Crippen LogP contribution in [0, 0.1) is 0 Å². The van der Waals surface area contributed by atoms with Crippen molar-refractivity contribution in [2.24, 2.45) is 0 Å². The summed E-state index contributed by atoms with van der Waals surface area (Å²) in [4.78, 5) is 14.1. The maximum atomic E-state index is 12.5. The summed E-state index contributed by atoms with van der Waals surface area (Å²) in [6.07, 6.45) is 0. The molecule has 0 unspecified atom stereocenters. The highest BCUT2D eigenvalue weighted by Gasteiger charge is 2.17. The lowest BCUT2D eigenvalue weighted by atomic mass is 10.1. The van der Waals surface area contributed by atoms with Gasteiger partial charge in [-0.25, -0.2) is 0 Å². The van der Waals surface area contributed by atoms with Gasteiger partial charge in [0, 0.05) is 19.2 Å². The van der Waals surface area contributed by atoms with Crippen LogP contribution < -0.4 is 9.47 Å². The quantitative estimate of drug-likeness (QED) is 0.844. The fraction of sp³-hybridized carbons (Fsp3) is 0.235. The van der Waals surface area contributed by atoms with Gasteiger partial charge in [0.1, 0.15) is 0 Å². The number of methoxy groups -OCH3 is 2. The topological polar surface area (TPSA) is 38.8 Å². The predicted octanol–water partition coefficient (Wildman–Crippen LogP) is 3.63. The van der Waals surface area contributed by atoms with Crippen LogP contribution in [0.2, 0.25) is 5.02 Å². The van der Waals surface area contributed by atoms with Gasteiger partial charge in [-0.1, -0.05) is 35.9 Å². The number of amides is 1. The van der Waals surface area contributed by atoms with E-state index in [1.807, 2.05) is 18.2 Å². The smallest absolute Gasteiger partial charge is 0.255 e. The van der Waals surface area contributed by atoms with Crippen molar-refractivity contribution in [2.45, 2.75) is 6.54 Å². The van der Waals surface area contributed by atoms with Crippen LogP contribution in [0.25, 0.3) is 0 Å². The van der Waals surface area contributed by atoms with Gasteiger partial charge in [0.05, 0.1) is 24.8 Å².